The molecule has 1 aliphatic rings. The molecule has 0 spiro atoms. The molecule has 1 rings (SSSR count). The first-order chi connectivity index (χ1) is 7.39. The van der Waals surface area contributed by atoms with Gasteiger partial charge in [-0.1, -0.05) is 13.8 Å². The third kappa shape index (κ3) is 9.50. The Bertz CT molecular complexity index is 262. The Hall–Kier alpha value is -0.200. The molecule has 0 aromatic heterocycles. The van der Waals surface area contributed by atoms with Gasteiger partial charge in [-0.25, -0.2) is 23.2 Å². The lowest BCUT2D eigenvalue weighted by atomic mass is 9.92. The Morgan fingerprint density at radius 1 is 1.12 bits per heavy atom. The average Bonchev–Trinajstić information content (AvgIpc) is 1.96. The maximum absolute atomic E-state index is 8.49. The minimum Gasteiger partial charge on any atom is -0.235 e. The number of hydrogen-bond donors (Lipinski definition) is 0. The highest BCUT2D eigenvalue weighted by Crippen LogP contribution is 2.19. The first-order valence-electron chi connectivity index (χ1n) is 5.63. The molecule has 0 bridgehead atoms. The highest BCUT2D eigenvalue weighted by Gasteiger charge is 2.30. The van der Waals surface area contributed by atoms with Crippen molar-refractivity contribution < 1.29 is 33.5 Å². The summed E-state index contributed by atoms with van der Waals surface area (Å²) in [6.07, 6.45) is 3.76. The van der Waals surface area contributed by atoms with E-state index in [1.165, 1.54) is 13.0 Å². The second-order valence-electron chi connectivity index (χ2n) is 5.67. The Morgan fingerprint density at radius 3 is 1.82 bits per heavy atom. The van der Waals surface area contributed by atoms with E-state index in [0.29, 0.717) is 5.54 Å². The van der Waals surface area contributed by atoms with Crippen molar-refractivity contribution >= 4 is 6.21 Å². The molecule has 17 heavy (non-hydrogen) atoms. The zero-order valence-electron chi connectivity index (χ0n) is 11.1. The zero-order valence-corrected chi connectivity index (χ0v) is 11.9. The molecule has 1 heterocycles. The molecule has 1 aliphatic heterocycles. The first kappa shape index (κ1) is 16.8. The third-order valence-corrected chi connectivity index (χ3v) is 2.58. The summed E-state index contributed by atoms with van der Waals surface area (Å²) in [5.74, 6) is 1.61. The normalized spacial score (nSPS) is 25.8. The largest absolute Gasteiger partial charge is 0.235 e. The van der Waals surface area contributed by atoms with Crippen molar-refractivity contribution in [2.45, 2.75) is 46.6 Å². The maximum atomic E-state index is 8.49. The Labute approximate surface area is 105 Å². The predicted molar refractivity (Wildman–Crippen MR) is 53.9 cm³/mol. The smallest absolute Gasteiger partial charge is 0.153 e. The van der Waals surface area contributed by atoms with Crippen LogP contribution in [-0.4, -0.2) is 22.9 Å². The van der Waals surface area contributed by atoms with Crippen LogP contribution < -0.4 is 18.6 Å². The summed E-state index contributed by atoms with van der Waals surface area (Å²) in [4.78, 5) is 0. The minimum atomic E-state index is -4.94. The van der Waals surface area contributed by atoms with Gasteiger partial charge in [0, 0.05) is 11.8 Å². The lowest BCUT2D eigenvalue weighted by Gasteiger charge is -2.26. The summed E-state index contributed by atoms with van der Waals surface area (Å²) >= 11 is 0. The van der Waals surface area contributed by atoms with Gasteiger partial charge in [-0.3, -0.25) is 0 Å². The van der Waals surface area contributed by atoms with Crippen LogP contribution >= 0.6 is 0 Å². The Morgan fingerprint density at radius 2 is 1.53 bits per heavy atom. The van der Waals surface area contributed by atoms with Gasteiger partial charge in [0.15, 0.2) is 5.54 Å². The van der Waals surface area contributed by atoms with Gasteiger partial charge in [0.1, 0.15) is 12.8 Å². The molecule has 0 aromatic carbocycles. The molecule has 0 aliphatic carbocycles. The zero-order chi connectivity index (χ0) is 13.9. The molecule has 2 unspecified atom stereocenters. The van der Waals surface area contributed by atoms with Gasteiger partial charge in [-0.05, 0) is 27.2 Å². The number of halogens is 1. The molecule has 0 aromatic rings. The molecule has 5 nitrogen and oxygen atoms in total. The highest BCUT2D eigenvalue weighted by atomic mass is 35.7. The highest BCUT2D eigenvalue weighted by molar-refractivity contribution is 5.55. The SMILES string of the molecule is CC1C=[N+](C(C)(C)C)CC(C)C1.[O-][Cl+3]([O-])([O-])[O-]. The fourth-order valence-electron chi connectivity index (χ4n) is 1.97. The summed E-state index contributed by atoms with van der Waals surface area (Å²) in [6, 6.07) is 0. The van der Waals surface area contributed by atoms with Crippen LogP contribution in [0.2, 0.25) is 0 Å². The molecule has 0 saturated carbocycles. The van der Waals surface area contributed by atoms with Crippen LogP contribution in [0.15, 0.2) is 0 Å². The molecule has 0 saturated heterocycles. The maximum Gasteiger partial charge on any atom is 0.153 e. The van der Waals surface area contributed by atoms with Crippen molar-refractivity contribution in [3.63, 3.8) is 0 Å². The summed E-state index contributed by atoms with van der Waals surface area (Å²) in [7, 11) is -4.94. The minimum absolute atomic E-state index is 0.308. The monoisotopic (exact) mass is 267 g/mol. The van der Waals surface area contributed by atoms with E-state index in [9.17, 15) is 0 Å². The Kier molecular flexibility index (Phi) is 6.04. The van der Waals surface area contributed by atoms with Crippen LogP contribution in [0.3, 0.4) is 0 Å². The predicted octanol–water partition coefficient (Wildman–Crippen LogP) is -2.21. The standard InChI is InChI=1S/C11H22N.ClHO4/c1-9-6-10(2)8-12(7-9)11(3,4)5;2-1(3,4)5/h7,9-10H,6,8H2,1-5H3;(H,2,3,4,5)/q+1;/p-1. The molecular formula is C11H22ClNO4. The van der Waals surface area contributed by atoms with E-state index in [1.807, 2.05) is 0 Å². The molecule has 6 heteroatoms. The van der Waals surface area contributed by atoms with Gasteiger partial charge in [0.05, 0.1) is 0 Å². The van der Waals surface area contributed by atoms with Crippen LogP contribution in [0.1, 0.15) is 41.0 Å². The van der Waals surface area contributed by atoms with E-state index < -0.39 is 10.2 Å². The molecule has 0 amide bonds. The van der Waals surface area contributed by atoms with Crippen molar-refractivity contribution in [3.05, 3.63) is 0 Å². The van der Waals surface area contributed by atoms with E-state index >= 15 is 0 Å². The van der Waals surface area contributed by atoms with Gasteiger partial charge in [0.25, 0.3) is 0 Å². The van der Waals surface area contributed by atoms with Gasteiger partial charge in [-0.15, -0.1) is 10.2 Å². The van der Waals surface area contributed by atoms with Crippen LogP contribution in [0.25, 0.3) is 0 Å². The van der Waals surface area contributed by atoms with Crippen molar-refractivity contribution in [2.24, 2.45) is 11.8 Å². The second kappa shape index (κ2) is 6.11. The van der Waals surface area contributed by atoms with Crippen LogP contribution in [-0.2, 0) is 0 Å². The number of hydrogen-bond acceptors (Lipinski definition) is 4. The van der Waals surface area contributed by atoms with Gasteiger partial charge in [-0.2, -0.15) is 0 Å². The Balaban J connectivity index is 0.000000437. The van der Waals surface area contributed by atoms with Crippen molar-refractivity contribution in [3.8, 4) is 0 Å². The number of nitrogens with zero attached hydrogens (tertiary/aromatic N) is 1. The van der Waals surface area contributed by atoms with E-state index in [-0.39, 0.29) is 0 Å². The van der Waals surface area contributed by atoms with Crippen LogP contribution in [0, 0.1) is 22.1 Å². The lowest BCUT2D eigenvalue weighted by Crippen LogP contribution is -2.68. The summed E-state index contributed by atoms with van der Waals surface area (Å²) in [5.41, 5.74) is 0.308. The van der Waals surface area contributed by atoms with Crippen molar-refractivity contribution in [2.75, 3.05) is 6.54 Å². The van der Waals surface area contributed by atoms with Gasteiger partial charge >= 0.3 is 0 Å². The number of rotatable bonds is 0. The molecule has 0 fully saturated rings. The summed E-state index contributed by atoms with van der Waals surface area (Å²) in [5, 5.41) is 0. The average molecular weight is 268 g/mol. The summed E-state index contributed by atoms with van der Waals surface area (Å²) < 4.78 is 36.5. The van der Waals surface area contributed by atoms with Crippen LogP contribution in [0.5, 0.6) is 0 Å². The topological polar surface area (TPSA) is 95.2 Å². The first-order valence-corrected chi connectivity index (χ1v) is 6.86. The fraction of sp³-hybridized carbons (Fsp3) is 0.909. The summed E-state index contributed by atoms with van der Waals surface area (Å²) in [6.45, 7) is 12.8. The van der Waals surface area contributed by atoms with E-state index in [1.54, 1.807) is 0 Å². The van der Waals surface area contributed by atoms with E-state index in [2.05, 4.69) is 45.4 Å². The molecule has 0 N–H and O–H groups in total. The van der Waals surface area contributed by atoms with Crippen molar-refractivity contribution in [1.29, 1.82) is 0 Å². The molecule has 102 valence electrons. The van der Waals surface area contributed by atoms with Crippen molar-refractivity contribution in [1.82, 2.24) is 0 Å². The fourth-order valence-corrected chi connectivity index (χ4v) is 1.97. The van der Waals surface area contributed by atoms with E-state index in [4.69, 9.17) is 18.6 Å². The molecular weight excluding hydrogens is 246 g/mol. The lowest BCUT2D eigenvalue weighted by molar-refractivity contribution is -2.00. The van der Waals surface area contributed by atoms with Gasteiger partial charge in [0.2, 0.25) is 0 Å². The second-order valence-corrected chi connectivity index (χ2v) is 6.42. The quantitative estimate of drug-likeness (QED) is 0.465. The molecule has 0 radical (unpaired) electrons. The third-order valence-electron chi connectivity index (χ3n) is 2.58. The van der Waals surface area contributed by atoms with Gasteiger partial charge < -0.3 is 0 Å². The molecule has 2 atom stereocenters. The van der Waals surface area contributed by atoms with E-state index in [0.717, 1.165) is 11.8 Å². The van der Waals surface area contributed by atoms with Crippen LogP contribution in [0.4, 0.5) is 0 Å².